The van der Waals surface area contributed by atoms with Crippen molar-refractivity contribution in [2.45, 2.75) is 31.9 Å². The van der Waals surface area contributed by atoms with E-state index in [0.717, 1.165) is 19.5 Å². The summed E-state index contributed by atoms with van der Waals surface area (Å²) in [5, 5.41) is -0.548. The predicted octanol–water partition coefficient (Wildman–Crippen LogP) is 5.24. The first kappa shape index (κ1) is 29.6. The van der Waals surface area contributed by atoms with E-state index in [4.69, 9.17) is 26.4 Å². The van der Waals surface area contributed by atoms with Crippen molar-refractivity contribution in [2.75, 3.05) is 39.3 Å². The lowest BCUT2D eigenvalue weighted by Crippen LogP contribution is -2.41. The van der Waals surface area contributed by atoms with Crippen LogP contribution in [0.25, 0.3) is 6.08 Å². The number of rotatable bonds is 8. The van der Waals surface area contributed by atoms with E-state index in [1.165, 1.54) is 44.1 Å². The molecule has 10 heteroatoms. The number of amides is 2. The quantitative estimate of drug-likeness (QED) is 0.180. The van der Waals surface area contributed by atoms with E-state index in [0.29, 0.717) is 50.2 Å². The van der Waals surface area contributed by atoms with Gasteiger partial charge in [-0.1, -0.05) is 37.8 Å². The smallest absolute Gasteiger partial charge is 0.247 e. The van der Waals surface area contributed by atoms with Crippen molar-refractivity contribution in [3.05, 3.63) is 53.6 Å². The number of ketones is 1. The molecule has 2 fully saturated rings. The lowest BCUT2D eigenvalue weighted by atomic mass is 9.92. The fourth-order valence-corrected chi connectivity index (χ4v) is 6.74. The van der Waals surface area contributed by atoms with Gasteiger partial charge in [-0.05, 0) is 66.8 Å². The molecule has 2 aromatic rings. The maximum atomic E-state index is 13.2. The van der Waals surface area contributed by atoms with Gasteiger partial charge < -0.3 is 19.1 Å². The summed E-state index contributed by atoms with van der Waals surface area (Å²) in [6.07, 6.45) is 4.33. The number of thioether (sulfide) groups is 1. The van der Waals surface area contributed by atoms with Crippen LogP contribution in [0.2, 0.25) is 0 Å². The zero-order valence-corrected chi connectivity index (χ0v) is 25.0. The van der Waals surface area contributed by atoms with Gasteiger partial charge in [0.05, 0.1) is 27.0 Å². The van der Waals surface area contributed by atoms with Crippen LogP contribution in [0, 0.1) is 11.8 Å². The van der Waals surface area contributed by atoms with Crippen LogP contribution in [0.3, 0.4) is 0 Å². The highest BCUT2D eigenvalue weighted by Crippen LogP contribution is 2.40. The molecule has 40 heavy (non-hydrogen) atoms. The van der Waals surface area contributed by atoms with Crippen LogP contribution in [0.4, 0.5) is 5.69 Å². The largest absolute Gasteiger partial charge is 0.493 e. The van der Waals surface area contributed by atoms with Gasteiger partial charge in [0.25, 0.3) is 0 Å². The monoisotopic (exact) mass is 582 g/mol. The van der Waals surface area contributed by atoms with E-state index >= 15 is 0 Å². The lowest BCUT2D eigenvalue weighted by Gasteiger charge is -2.36. The van der Waals surface area contributed by atoms with E-state index in [9.17, 15) is 14.4 Å². The summed E-state index contributed by atoms with van der Waals surface area (Å²) in [4.78, 5) is 42.2. The van der Waals surface area contributed by atoms with Crippen molar-refractivity contribution in [1.82, 2.24) is 4.90 Å². The second-order valence-electron chi connectivity index (χ2n) is 10.2. The maximum Gasteiger partial charge on any atom is 0.247 e. The first-order chi connectivity index (χ1) is 19.2. The number of ether oxygens (including phenoxy) is 3. The average molecular weight is 583 g/mol. The van der Waals surface area contributed by atoms with Gasteiger partial charge in [0.15, 0.2) is 17.3 Å². The minimum atomic E-state index is -0.548. The molecule has 2 saturated heterocycles. The van der Waals surface area contributed by atoms with Gasteiger partial charge in [0.2, 0.25) is 17.6 Å². The molecule has 8 nitrogen and oxygen atoms in total. The zero-order valence-electron chi connectivity index (χ0n) is 23.3. The number of hydrogen-bond acceptors (Lipinski definition) is 8. The fraction of sp³-hybridized carbons (Fsp3) is 0.400. The first-order valence-corrected chi connectivity index (χ1v) is 14.4. The van der Waals surface area contributed by atoms with Gasteiger partial charge in [-0.15, -0.1) is 0 Å². The molecule has 0 unspecified atom stereocenters. The van der Waals surface area contributed by atoms with Crippen molar-refractivity contribution in [2.24, 2.45) is 11.8 Å². The van der Waals surface area contributed by atoms with Crippen LogP contribution in [-0.2, 0) is 9.59 Å². The molecule has 2 aromatic carbocycles. The van der Waals surface area contributed by atoms with Crippen LogP contribution >= 0.6 is 24.0 Å². The highest BCUT2D eigenvalue weighted by Gasteiger charge is 2.41. The summed E-state index contributed by atoms with van der Waals surface area (Å²) >= 11 is 6.96. The number of allylic oxidation sites excluding steroid dienone is 1. The number of carbonyl (C=O) groups excluding carboxylic acids is 3. The Balaban J connectivity index is 1.43. The van der Waals surface area contributed by atoms with Crippen molar-refractivity contribution >= 4 is 57.7 Å². The summed E-state index contributed by atoms with van der Waals surface area (Å²) < 4.78 is 16.8. The van der Waals surface area contributed by atoms with Crippen molar-refractivity contribution in [3.63, 3.8) is 0 Å². The molecule has 0 saturated carbocycles. The fourth-order valence-electron chi connectivity index (χ4n) is 5.27. The van der Waals surface area contributed by atoms with Crippen molar-refractivity contribution in [1.29, 1.82) is 0 Å². The van der Waals surface area contributed by atoms with E-state index in [2.05, 4.69) is 18.7 Å². The molecule has 4 rings (SSSR count). The third-order valence-corrected chi connectivity index (χ3v) is 8.69. The number of thiocarbonyl (C=S) groups is 1. The highest BCUT2D eigenvalue weighted by molar-refractivity contribution is 8.23. The topological polar surface area (TPSA) is 85.4 Å². The summed E-state index contributed by atoms with van der Waals surface area (Å²) in [7, 11) is 4.57. The maximum absolute atomic E-state index is 13.2. The summed E-state index contributed by atoms with van der Waals surface area (Å²) in [5.41, 5.74) is 1.50. The summed E-state index contributed by atoms with van der Waals surface area (Å²) in [5.74, 6) is 1.67. The Morgan fingerprint density at radius 3 is 2.20 bits per heavy atom. The Morgan fingerprint density at radius 1 is 0.950 bits per heavy atom. The highest BCUT2D eigenvalue weighted by atomic mass is 32.2. The normalized spacial score (nSPS) is 21.2. The number of carbonyl (C=O) groups is 3. The molecule has 0 N–H and O–H groups in total. The first-order valence-electron chi connectivity index (χ1n) is 13.1. The van der Waals surface area contributed by atoms with Crippen LogP contribution in [0.1, 0.15) is 42.6 Å². The molecule has 2 aliphatic rings. The minimum absolute atomic E-state index is 0.0964. The number of anilines is 1. The second kappa shape index (κ2) is 12.9. The van der Waals surface area contributed by atoms with E-state index < -0.39 is 5.25 Å². The van der Waals surface area contributed by atoms with Gasteiger partial charge in [-0.2, -0.15) is 0 Å². The zero-order chi connectivity index (χ0) is 29.0. The summed E-state index contributed by atoms with van der Waals surface area (Å²) in [6.45, 7) is 6.16. The third-order valence-electron chi connectivity index (χ3n) is 7.03. The molecule has 0 aromatic heterocycles. The van der Waals surface area contributed by atoms with Crippen LogP contribution in [-0.4, -0.2) is 66.5 Å². The number of methoxy groups -OCH3 is 3. The standard InChI is InChI=1S/C30H34N2O6S2/c1-18-14-19(2)17-31(16-18)30(39)40-25-15-26(34)32(29(25)35)22-10-6-20(7-11-22)23(33)12-8-21-9-13-24(36-3)28(38-5)27(21)37-4/h6-13,18-19,25H,14-17H2,1-5H3/b12-8+/t18-,19-,25-/m1/s1. The van der Waals surface area contributed by atoms with Gasteiger partial charge >= 0.3 is 0 Å². The lowest BCUT2D eigenvalue weighted by molar-refractivity contribution is -0.121. The minimum Gasteiger partial charge on any atom is -0.493 e. The van der Waals surface area contributed by atoms with Crippen LogP contribution < -0.4 is 19.1 Å². The van der Waals surface area contributed by atoms with Gasteiger partial charge in [-0.25, -0.2) is 4.90 Å². The Bertz CT molecular complexity index is 1320. The van der Waals surface area contributed by atoms with Crippen molar-refractivity contribution in [3.8, 4) is 17.2 Å². The van der Waals surface area contributed by atoms with Gasteiger partial charge in [0.1, 0.15) is 9.57 Å². The predicted molar refractivity (Wildman–Crippen MR) is 162 cm³/mol. The number of benzene rings is 2. The number of likely N-dealkylation sites (tertiary alicyclic amines) is 1. The van der Waals surface area contributed by atoms with Crippen LogP contribution in [0.15, 0.2) is 42.5 Å². The molecule has 2 amide bonds. The number of piperidine rings is 1. The van der Waals surface area contributed by atoms with Gasteiger partial charge in [0, 0.05) is 30.6 Å². The van der Waals surface area contributed by atoms with Crippen LogP contribution in [0.5, 0.6) is 17.2 Å². The molecular formula is C30H34N2O6S2. The molecular weight excluding hydrogens is 548 g/mol. The van der Waals surface area contributed by atoms with Crippen molar-refractivity contribution < 1.29 is 28.6 Å². The Labute approximate surface area is 244 Å². The summed E-state index contributed by atoms with van der Waals surface area (Å²) in [6, 6.07) is 9.95. The molecule has 0 spiro atoms. The van der Waals surface area contributed by atoms with E-state index in [1.807, 2.05) is 0 Å². The number of nitrogens with zero attached hydrogens (tertiary/aromatic N) is 2. The molecule has 212 valence electrons. The third kappa shape index (κ3) is 6.33. The molecule has 0 bridgehead atoms. The Kier molecular flexibility index (Phi) is 9.52. The molecule has 2 heterocycles. The Morgan fingerprint density at radius 2 is 1.60 bits per heavy atom. The van der Waals surface area contributed by atoms with E-state index in [-0.39, 0.29) is 24.0 Å². The SMILES string of the molecule is COc1ccc(/C=C/C(=O)c2ccc(N3C(=O)C[C@@H](SC(=S)N4C[C@H](C)C[C@@H](C)C4)C3=O)cc2)c(OC)c1OC. The molecule has 0 radical (unpaired) electrons. The number of imide groups is 1. The van der Waals surface area contributed by atoms with Gasteiger partial charge in [-0.3, -0.25) is 14.4 Å². The second-order valence-corrected chi connectivity index (χ2v) is 12.0. The average Bonchev–Trinajstić information content (AvgIpc) is 3.22. The molecule has 3 atom stereocenters. The Hall–Kier alpha value is -3.37. The molecule has 0 aliphatic carbocycles. The molecule has 2 aliphatic heterocycles. The number of hydrogen-bond donors (Lipinski definition) is 0. The van der Waals surface area contributed by atoms with E-state index in [1.54, 1.807) is 42.5 Å².